The first kappa shape index (κ1) is 23.4. The Morgan fingerprint density at radius 3 is 1.90 bits per heavy atom. The molecule has 41 heavy (non-hydrogen) atoms. The van der Waals surface area contributed by atoms with E-state index in [4.69, 9.17) is 14.4 Å². The Hall–Kier alpha value is -5.54. The minimum atomic E-state index is 0.693. The lowest BCUT2D eigenvalue weighted by atomic mass is 9.93. The van der Waals surface area contributed by atoms with Crippen molar-refractivity contribution in [1.29, 1.82) is 0 Å². The van der Waals surface area contributed by atoms with Crippen LogP contribution in [0.4, 0.5) is 0 Å². The minimum absolute atomic E-state index is 0.693. The zero-order valence-corrected chi connectivity index (χ0v) is 22.2. The van der Waals surface area contributed by atoms with Crippen LogP contribution in [0.1, 0.15) is 0 Å². The highest BCUT2D eigenvalue weighted by molar-refractivity contribution is 6.14. The molecule has 0 fully saturated rings. The molecule has 0 aliphatic heterocycles. The fourth-order valence-electron chi connectivity index (χ4n) is 5.75. The van der Waals surface area contributed by atoms with Gasteiger partial charge < -0.3 is 4.42 Å². The van der Waals surface area contributed by atoms with Gasteiger partial charge in [0, 0.05) is 27.5 Å². The molecule has 0 saturated heterocycles. The van der Waals surface area contributed by atoms with Gasteiger partial charge in [0.2, 0.25) is 0 Å². The molecule has 0 saturated carbocycles. The Labute approximate surface area is 237 Å². The van der Waals surface area contributed by atoms with E-state index >= 15 is 0 Å². The van der Waals surface area contributed by atoms with E-state index in [2.05, 4.69) is 97.1 Å². The summed E-state index contributed by atoms with van der Waals surface area (Å²) in [5.74, 6) is 0.693. The van der Waals surface area contributed by atoms with Gasteiger partial charge in [-0.05, 0) is 46.2 Å². The molecular weight excluding hydrogens is 500 g/mol. The first-order chi connectivity index (χ1) is 20.3. The summed E-state index contributed by atoms with van der Waals surface area (Å²) in [6.45, 7) is 0. The molecule has 0 bridgehead atoms. The van der Waals surface area contributed by atoms with Crippen molar-refractivity contribution in [2.45, 2.75) is 0 Å². The first-order valence-corrected chi connectivity index (χ1v) is 13.8. The fraction of sp³-hybridized carbons (Fsp3) is 0. The minimum Gasteiger partial charge on any atom is -0.456 e. The fourth-order valence-corrected chi connectivity index (χ4v) is 5.75. The zero-order valence-electron chi connectivity index (χ0n) is 22.2. The maximum absolute atomic E-state index is 6.48. The number of hydrogen-bond donors (Lipinski definition) is 0. The molecule has 2 heterocycles. The van der Waals surface area contributed by atoms with Crippen molar-refractivity contribution in [3.8, 4) is 45.0 Å². The predicted molar refractivity (Wildman–Crippen MR) is 169 cm³/mol. The van der Waals surface area contributed by atoms with E-state index in [0.717, 1.165) is 61.1 Å². The van der Waals surface area contributed by atoms with Crippen LogP contribution in [0, 0.1) is 0 Å². The molecule has 2 aromatic heterocycles. The predicted octanol–water partition coefficient (Wildman–Crippen LogP) is 10.2. The molecule has 0 atom stereocenters. The lowest BCUT2D eigenvalue weighted by molar-refractivity contribution is 0.669. The smallest absolute Gasteiger partial charge is 0.160 e. The lowest BCUT2D eigenvalue weighted by Crippen LogP contribution is -1.96. The third kappa shape index (κ3) is 4.07. The summed E-state index contributed by atoms with van der Waals surface area (Å²) < 4.78 is 6.48. The molecule has 0 aliphatic rings. The largest absolute Gasteiger partial charge is 0.456 e. The van der Waals surface area contributed by atoms with Gasteiger partial charge in [-0.15, -0.1) is 0 Å². The van der Waals surface area contributed by atoms with Crippen molar-refractivity contribution in [3.63, 3.8) is 0 Å². The van der Waals surface area contributed by atoms with Gasteiger partial charge in [0.25, 0.3) is 0 Å². The lowest BCUT2D eigenvalue weighted by Gasteiger charge is -2.13. The second-order valence-corrected chi connectivity index (χ2v) is 10.2. The summed E-state index contributed by atoms with van der Waals surface area (Å²) in [5, 5.41) is 4.54. The monoisotopic (exact) mass is 524 g/mol. The standard InChI is InChI=1S/C38H24N2O/c1-3-13-26(14-4-1)33-24-34(40-38(39-33)27-15-5-2-6-16-27)32-22-28(30-20-11-17-25-12-7-8-18-29(25)30)23-36-37(32)31-19-9-10-21-35(31)41-36/h1-24H. The van der Waals surface area contributed by atoms with Gasteiger partial charge in [0.05, 0.1) is 11.4 Å². The Morgan fingerprint density at radius 1 is 0.415 bits per heavy atom. The number of para-hydroxylation sites is 1. The summed E-state index contributed by atoms with van der Waals surface area (Å²) in [6, 6.07) is 50.2. The Balaban J connectivity index is 1.46. The molecule has 0 aliphatic carbocycles. The van der Waals surface area contributed by atoms with E-state index in [-0.39, 0.29) is 0 Å². The second-order valence-electron chi connectivity index (χ2n) is 10.2. The van der Waals surface area contributed by atoms with Crippen molar-refractivity contribution in [1.82, 2.24) is 9.97 Å². The van der Waals surface area contributed by atoms with Gasteiger partial charge in [0.15, 0.2) is 5.82 Å². The maximum Gasteiger partial charge on any atom is 0.160 e. The van der Waals surface area contributed by atoms with E-state index in [1.165, 1.54) is 10.8 Å². The molecule has 0 N–H and O–H groups in total. The van der Waals surface area contributed by atoms with Crippen LogP contribution in [0.25, 0.3) is 77.7 Å². The molecule has 8 rings (SSSR count). The van der Waals surface area contributed by atoms with Gasteiger partial charge in [0.1, 0.15) is 11.2 Å². The Bertz CT molecular complexity index is 2140. The number of benzene rings is 6. The van der Waals surface area contributed by atoms with Crippen molar-refractivity contribution < 1.29 is 4.42 Å². The quantitative estimate of drug-likeness (QED) is 0.230. The SMILES string of the molecule is c1ccc(-c2cc(-c3cc(-c4cccc5ccccc45)cc4oc5ccccc5c34)nc(-c3ccccc3)n2)cc1. The van der Waals surface area contributed by atoms with Crippen molar-refractivity contribution in [3.05, 3.63) is 146 Å². The van der Waals surface area contributed by atoms with E-state index in [9.17, 15) is 0 Å². The highest BCUT2D eigenvalue weighted by Crippen LogP contribution is 2.41. The number of nitrogens with zero attached hydrogens (tertiary/aromatic N) is 2. The number of hydrogen-bond acceptors (Lipinski definition) is 3. The first-order valence-electron chi connectivity index (χ1n) is 13.8. The maximum atomic E-state index is 6.48. The van der Waals surface area contributed by atoms with Crippen molar-refractivity contribution in [2.75, 3.05) is 0 Å². The van der Waals surface area contributed by atoms with Gasteiger partial charge in [-0.25, -0.2) is 9.97 Å². The van der Waals surface area contributed by atoms with Gasteiger partial charge in [-0.2, -0.15) is 0 Å². The normalized spacial score (nSPS) is 11.4. The molecule has 0 unspecified atom stereocenters. The van der Waals surface area contributed by atoms with Crippen LogP contribution in [0.2, 0.25) is 0 Å². The summed E-state index contributed by atoms with van der Waals surface area (Å²) in [4.78, 5) is 10.2. The van der Waals surface area contributed by atoms with Crippen molar-refractivity contribution >= 4 is 32.7 Å². The van der Waals surface area contributed by atoms with Gasteiger partial charge in [-0.3, -0.25) is 0 Å². The topological polar surface area (TPSA) is 38.9 Å². The summed E-state index contributed by atoms with van der Waals surface area (Å²) >= 11 is 0. The average molecular weight is 525 g/mol. The van der Waals surface area contributed by atoms with E-state index in [1.807, 2.05) is 48.5 Å². The molecule has 0 amide bonds. The summed E-state index contributed by atoms with van der Waals surface area (Å²) in [5.41, 5.74) is 8.73. The van der Waals surface area contributed by atoms with Crippen LogP contribution in [-0.4, -0.2) is 9.97 Å². The molecule has 6 aromatic carbocycles. The summed E-state index contributed by atoms with van der Waals surface area (Å²) in [7, 11) is 0. The van der Waals surface area contributed by atoms with Crippen LogP contribution < -0.4 is 0 Å². The third-order valence-electron chi connectivity index (χ3n) is 7.68. The summed E-state index contributed by atoms with van der Waals surface area (Å²) in [6.07, 6.45) is 0. The second kappa shape index (κ2) is 9.58. The molecule has 3 nitrogen and oxygen atoms in total. The molecule has 0 spiro atoms. The number of furan rings is 1. The number of fused-ring (bicyclic) bond motifs is 4. The third-order valence-corrected chi connectivity index (χ3v) is 7.68. The number of aromatic nitrogens is 2. The van der Waals surface area contributed by atoms with Gasteiger partial charge in [-0.1, -0.05) is 121 Å². The molecule has 0 radical (unpaired) electrons. The van der Waals surface area contributed by atoms with Crippen LogP contribution in [0.15, 0.2) is 150 Å². The van der Waals surface area contributed by atoms with Crippen LogP contribution in [0.5, 0.6) is 0 Å². The molecule has 8 aromatic rings. The zero-order chi connectivity index (χ0) is 27.2. The van der Waals surface area contributed by atoms with Crippen LogP contribution in [-0.2, 0) is 0 Å². The van der Waals surface area contributed by atoms with E-state index < -0.39 is 0 Å². The highest BCUT2D eigenvalue weighted by Gasteiger charge is 2.19. The highest BCUT2D eigenvalue weighted by atomic mass is 16.3. The van der Waals surface area contributed by atoms with Crippen LogP contribution >= 0.6 is 0 Å². The average Bonchev–Trinajstić information content (AvgIpc) is 3.43. The Kier molecular flexibility index (Phi) is 5.46. The molecule has 192 valence electrons. The van der Waals surface area contributed by atoms with Gasteiger partial charge >= 0.3 is 0 Å². The van der Waals surface area contributed by atoms with Crippen LogP contribution in [0.3, 0.4) is 0 Å². The van der Waals surface area contributed by atoms with E-state index in [1.54, 1.807) is 0 Å². The Morgan fingerprint density at radius 2 is 1.07 bits per heavy atom. The molecule has 3 heteroatoms. The number of rotatable bonds is 4. The van der Waals surface area contributed by atoms with E-state index in [0.29, 0.717) is 5.82 Å². The molecular formula is C38H24N2O. The van der Waals surface area contributed by atoms with Crippen molar-refractivity contribution in [2.24, 2.45) is 0 Å².